The van der Waals surface area contributed by atoms with Crippen molar-refractivity contribution in [2.24, 2.45) is 5.73 Å². The predicted molar refractivity (Wildman–Crippen MR) is 52.8 cm³/mol. The summed E-state index contributed by atoms with van der Waals surface area (Å²) in [5, 5.41) is 0. The molecule has 1 heterocycles. The van der Waals surface area contributed by atoms with Gasteiger partial charge in [0, 0.05) is 12.1 Å². The van der Waals surface area contributed by atoms with Gasteiger partial charge in [-0.1, -0.05) is 0 Å². The Hall–Kier alpha value is -1.63. The summed E-state index contributed by atoms with van der Waals surface area (Å²) in [4.78, 5) is 14.3. The van der Waals surface area contributed by atoms with Gasteiger partial charge >= 0.3 is 5.97 Å². The first-order chi connectivity index (χ1) is 7.99. The molecule has 0 amide bonds. The van der Waals surface area contributed by atoms with Crippen LogP contribution < -0.4 is 5.73 Å². The molecule has 7 heteroatoms. The Morgan fingerprint density at radius 2 is 2.24 bits per heavy atom. The molecule has 0 aliphatic heterocycles. The van der Waals surface area contributed by atoms with Crippen LogP contribution in [-0.2, 0) is 22.5 Å². The third-order valence-electron chi connectivity index (χ3n) is 2.17. The molecule has 1 aromatic rings. The van der Waals surface area contributed by atoms with Crippen molar-refractivity contribution >= 4 is 5.97 Å². The maximum absolute atomic E-state index is 13.0. The second-order valence-corrected chi connectivity index (χ2v) is 3.22. The number of carbonyl (C=O) groups is 1. The molecule has 0 aromatic carbocycles. The van der Waals surface area contributed by atoms with Crippen molar-refractivity contribution in [1.29, 1.82) is 0 Å². The van der Waals surface area contributed by atoms with Crippen LogP contribution in [0.2, 0.25) is 0 Å². The molecule has 0 saturated carbocycles. The van der Waals surface area contributed by atoms with E-state index in [1.54, 1.807) is 0 Å². The number of nitrogens with two attached hydrogens (primary N) is 1. The molecule has 4 nitrogen and oxygen atoms in total. The molecular formula is C10H11F3N2O2. The zero-order valence-corrected chi connectivity index (χ0v) is 9.04. The van der Waals surface area contributed by atoms with Crippen LogP contribution in [0.25, 0.3) is 0 Å². The van der Waals surface area contributed by atoms with Crippen molar-refractivity contribution in [2.75, 3.05) is 7.11 Å². The highest BCUT2D eigenvalue weighted by Crippen LogP contribution is 2.26. The zero-order valence-electron chi connectivity index (χ0n) is 9.04. The Balaban J connectivity index is 3.25. The molecule has 0 bridgehead atoms. The Kier molecular flexibility index (Phi) is 4.45. The van der Waals surface area contributed by atoms with Gasteiger partial charge in [-0.2, -0.15) is 4.39 Å². The number of aromatic nitrogens is 1. The minimum atomic E-state index is -2.87. The summed E-state index contributed by atoms with van der Waals surface area (Å²) in [5.74, 6) is -1.69. The number of halogens is 3. The fraction of sp³-hybridized carbons (Fsp3) is 0.400. The number of hydrogen-bond donors (Lipinski definition) is 1. The SMILES string of the molecule is COC(=O)Cc1cc(F)nc(CN)c1C(F)F. The van der Waals surface area contributed by atoms with E-state index in [0.29, 0.717) is 0 Å². The lowest BCUT2D eigenvalue weighted by atomic mass is 10.0. The van der Waals surface area contributed by atoms with Crippen molar-refractivity contribution < 1.29 is 22.7 Å². The summed E-state index contributed by atoms with van der Waals surface area (Å²) in [6.45, 7) is -0.328. The van der Waals surface area contributed by atoms with Gasteiger partial charge < -0.3 is 10.5 Å². The van der Waals surface area contributed by atoms with Crippen LogP contribution in [0.1, 0.15) is 23.2 Å². The molecule has 0 aliphatic carbocycles. The van der Waals surface area contributed by atoms with E-state index in [2.05, 4.69) is 9.72 Å². The van der Waals surface area contributed by atoms with Crippen molar-refractivity contribution in [2.45, 2.75) is 19.4 Å². The normalized spacial score (nSPS) is 10.7. The van der Waals surface area contributed by atoms with Crippen LogP contribution in [0.15, 0.2) is 6.07 Å². The van der Waals surface area contributed by atoms with E-state index in [1.165, 1.54) is 0 Å². The topological polar surface area (TPSA) is 65.2 Å². The average Bonchev–Trinajstić information content (AvgIpc) is 2.27. The quantitative estimate of drug-likeness (QED) is 0.645. The first kappa shape index (κ1) is 13.4. The Morgan fingerprint density at radius 3 is 2.71 bits per heavy atom. The fourth-order valence-corrected chi connectivity index (χ4v) is 1.42. The molecule has 1 rings (SSSR count). The van der Waals surface area contributed by atoms with Gasteiger partial charge in [0.15, 0.2) is 0 Å². The minimum Gasteiger partial charge on any atom is -0.469 e. The molecule has 0 atom stereocenters. The van der Waals surface area contributed by atoms with Crippen LogP contribution in [-0.4, -0.2) is 18.1 Å². The summed E-state index contributed by atoms with van der Waals surface area (Å²) in [6.07, 6.45) is -3.32. The maximum atomic E-state index is 13.0. The number of hydrogen-bond acceptors (Lipinski definition) is 4. The largest absolute Gasteiger partial charge is 0.469 e. The van der Waals surface area contributed by atoms with Crippen LogP contribution in [0.4, 0.5) is 13.2 Å². The van der Waals surface area contributed by atoms with Gasteiger partial charge in [0.25, 0.3) is 6.43 Å². The fourth-order valence-electron chi connectivity index (χ4n) is 1.42. The standard InChI is InChI=1S/C10H11F3N2O2/c1-17-8(16)3-5-2-7(11)15-6(4-14)9(5)10(12)13/h2,10H,3-4,14H2,1H3. The summed E-state index contributed by atoms with van der Waals surface area (Å²) in [5.41, 5.74) is 4.31. The highest BCUT2D eigenvalue weighted by Gasteiger charge is 2.21. The molecule has 0 radical (unpaired) electrons. The number of carbonyl (C=O) groups excluding carboxylic acids is 1. The highest BCUT2D eigenvalue weighted by atomic mass is 19.3. The van der Waals surface area contributed by atoms with Crippen molar-refractivity contribution in [1.82, 2.24) is 4.98 Å². The Bertz CT molecular complexity index is 424. The first-order valence-electron chi connectivity index (χ1n) is 4.72. The minimum absolute atomic E-state index is 0.153. The maximum Gasteiger partial charge on any atom is 0.309 e. The van der Waals surface area contributed by atoms with E-state index >= 15 is 0 Å². The predicted octanol–water partition coefficient (Wildman–Crippen LogP) is 1.33. The molecule has 17 heavy (non-hydrogen) atoms. The van der Waals surface area contributed by atoms with E-state index < -0.39 is 30.3 Å². The van der Waals surface area contributed by atoms with Gasteiger partial charge in [0.1, 0.15) is 0 Å². The zero-order chi connectivity index (χ0) is 13.0. The molecule has 0 saturated heterocycles. The van der Waals surface area contributed by atoms with Gasteiger partial charge in [-0.15, -0.1) is 0 Å². The Morgan fingerprint density at radius 1 is 1.59 bits per heavy atom. The smallest absolute Gasteiger partial charge is 0.309 e. The van der Waals surface area contributed by atoms with Crippen molar-refractivity contribution in [3.63, 3.8) is 0 Å². The van der Waals surface area contributed by atoms with Crippen LogP contribution in [0.5, 0.6) is 0 Å². The van der Waals surface area contributed by atoms with Crippen LogP contribution >= 0.6 is 0 Å². The van der Waals surface area contributed by atoms with E-state index in [0.717, 1.165) is 13.2 Å². The van der Waals surface area contributed by atoms with E-state index in [4.69, 9.17) is 5.73 Å². The molecular weight excluding hydrogens is 237 g/mol. The molecule has 1 aromatic heterocycles. The number of nitrogens with zero attached hydrogens (tertiary/aromatic N) is 1. The van der Waals surface area contributed by atoms with Gasteiger partial charge in [-0.05, 0) is 11.6 Å². The number of alkyl halides is 2. The third kappa shape index (κ3) is 3.16. The number of methoxy groups -OCH3 is 1. The highest BCUT2D eigenvalue weighted by molar-refractivity contribution is 5.73. The molecule has 94 valence electrons. The first-order valence-corrected chi connectivity index (χ1v) is 4.72. The summed E-state index contributed by atoms with van der Waals surface area (Å²) >= 11 is 0. The molecule has 0 spiro atoms. The monoisotopic (exact) mass is 248 g/mol. The molecule has 2 N–H and O–H groups in total. The second-order valence-electron chi connectivity index (χ2n) is 3.22. The number of rotatable bonds is 4. The van der Waals surface area contributed by atoms with Crippen molar-refractivity contribution in [3.8, 4) is 0 Å². The average molecular weight is 248 g/mol. The summed E-state index contributed by atoms with van der Waals surface area (Å²) < 4.78 is 43.0. The second kappa shape index (κ2) is 5.62. The molecule has 0 fully saturated rings. The van der Waals surface area contributed by atoms with Gasteiger partial charge in [0.05, 0.1) is 19.2 Å². The van der Waals surface area contributed by atoms with E-state index in [1.807, 2.05) is 0 Å². The van der Waals surface area contributed by atoms with E-state index in [-0.39, 0.29) is 17.8 Å². The lowest BCUT2D eigenvalue weighted by molar-refractivity contribution is -0.139. The van der Waals surface area contributed by atoms with E-state index in [9.17, 15) is 18.0 Å². The van der Waals surface area contributed by atoms with Crippen LogP contribution in [0.3, 0.4) is 0 Å². The van der Waals surface area contributed by atoms with Crippen LogP contribution in [0, 0.1) is 5.95 Å². The summed E-state index contributed by atoms with van der Waals surface area (Å²) in [6, 6.07) is 0.789. The van der Waals surface area contributed by atoms with Gasteiger partial charge in [0.2, 0.25) is 5.95 Å². The number of esters is 1. The Labute approximate surface area is 95.6 Å². The van der Waals surface area contributed by atoms with Gasteiger partial charge in [-0.25, -0.2) is 13.8 Å². The number of ether oxygens (including phenoxy) is 1. The van der Waals surface area contributed by atoms with Gasteiger partial charge in [-0.3, -0.25) is 4.79 Å². The molecule has 0 unspecified atom stereocenters. The lowest BCUT2D eigenvalue weighted by Gasteiger charge is -2.11. The number of pyridine rings is 1. The van der Waals surface area contributed by atoms with Crippen molar-refractivity contribution in [3.05, 3.63) is 28.8 Å². The third-order valence-corrected chi connectivity index (χ3v) is 2.17. The lowest BCUT2D eigenvalue weighted by Crippen LogP contribution is -2.13. The summed E-state index contributed by atoms with van der Waals surface area (Å²) in [7, 11) is 1.12. The molecule has 0 aliphatic rings.